The average Bonchev–Trinajstić information content (AvgIpc) is 3.85. The summed E-state index contributed by atoms with van der Waals surface area (Å²) < 4.78 is 0. The second-order valence-electron chi connectivity index (χ2n) is 20.5. The highest BCUT2D eigenvalue weighted by molar-refractivity contribution is 6.28. The maximum Gasteiger partial charge on any atom is 0.137 e. The van der Waals surface area contributed by atoms with Crippen LogP contribution in [0, 0.1) is 6.92 Å². The fourth-order valence-corrected chi connectivity index (χ4v) is 13.0. The molecule has 0 fully saturated rings. The third-order valence-corrected chi connectivity index (χ3v) is 16.3. The first kappa shape index (κ1) is 42.6. The van der Waals surface area contributed by atoms with E-state index in [1.54, 1.807) is 0 Å². The lowest BCUT2D eigenvalue weighted by molar-refractivity contribution is 0.718. The van der Waals surface area contributed by atoms with Gasteiger partial charge in [-0.25, -0.2) is 4.98 Å². The van der Waals surface area contributed by atoms with Crippen LogP contribution < -0.4 is 4.90 Å². The molecule has 1 aliphatic heterocycles. The van der Waals surface area contributed by atoms with Gasteiger partial charge in [-0.2, -0.15) is 0 Å². The van der Waals surface area contributed by atoms with Crippen molar-refractivity contribution in [2.45, 2.75) is 31.7 Å². The number of rotatable bonds is 6. The van der Waals surface area contributed by atoms with Crippen molar-refractivity contribution in [1.82, 2.24) is 4.98 Å². The van der Waals surface area contributed by atoms with E-state index in [2.05, 4.69) is 255 Å². The molecule has 0 saturated heterocycles. The second kappa shape index (κ2) is 17.0. The number of pyridine rings is 1. The lowest BCUT2D eigenvalue weighted by atomic mass is 9.81. The van der Waals surface area contributed by atoms with Gasteiger partial charge >= 0.3 is 0 Å². The fourth-order valence-electron chi connectivity index (χ4n) is 13.0. The normalized spacial score (nSPS) is 16.1. The van der Waals surface area contributed by atoms with E-state index in [0.717, 1.165) is 18.7 Å². The molecule has 0 saturated carbocycles. The summed E-state index contributed by atoms with van der Waals surface area (Å²) in [6, 6.07) is 77.9. The fraction of sp³-hybridized carbons (Fsp3) is 0.0694. The molecule has 3 aliphatic rings. The number of aromatic nitrogens is 1. The van der Waals surface area contributed by atoms with Gasteiger partial charge in [0.1, 0.15) is 5.82 Å². The number of benzene rings is 11. The van der Waals surface area contributed by atoms with E-state index in [9.17, 15) is 0 Å². The van der Waals surface area contributed by atoms with E-state index in [1.807, 2.05) is 6.20 Å². The molecule has 0 bridgehead atoms. The molecule has 0 spiro atoms. The van der Waals surface area contributed by atoms with Crippen molar-refractivity contribution in [2.24, 2.45) is 0 Å². The van der Waals surface area contributed by atoms with Crippen LogP contribution in [0.5, 0.6) is 0 Å². The zero-order valence-corrected chi connectivity index (χ0v) is 41.1. The zero-order valence-electron chi connectivity index (χ0n) is 41.1. The Morgan fingerprint density at radius 2 is 0.986 bits per heavy atom. The molecule has 348 valence electrons. The summed E-state index contributed by atoms with van der Waals surface area (Å²) in [5.41, 5.74) is 16.5. The summed E-state index contributed by atoms with van der Waals surface area (Å²) in [5.74, 6) is 1.38. The molecule has 0 amide bonds. The van der Waals surface area contributed by atoms with Crippen molar-refractivity contribution in [3.05, 3.63) is 271 Å². The monoisotopic (exact) mass is 942 g/mol. The smallest absolute Gasteiger partial charge is 0.137 e. The largest absolute Gasteiger partial charge is 0.322 e. The Balaban J connectivity index is 0.878. The van der Waals surface area contributed by atoms with E-state index in [-0.39, 0.29) is 12.0 Å². The average molecular weight is 943 g/mol. The van der Waals surface area contributed by atoms with Gasteiger partial charge in [-0.05, 0) is 182 Å². The Kier molecular flexibility index (Phi) is 9.78. The third-order valence-electron chi connectivity index (χ3n) is 16.3. The zero-order chi connectivity index (χ0) is 48.9. The van der Waals surface area contributed by atoms with Crippen LogP contribution in [0.3, 0.4) is 0 Å². The van der Waals surface area contributed by atoms with Gasteiger partial charge in [0.05, 0.1) is 6.04 Å². The van der Waals surface area contributed by atoms with Crippen LogP contribution in [0.15, 0.2) is 255 Å². The molecular weight excluding hydrogens is 893 g/mol. The quantitative estimate of drug-likeness (QED) is 0.122. The lowest BCUT2D eigenvalue weighted by Crippen LogP contribution is -2.32. The van der Waals surface area contributed by atoms with E-state index in [4.69, 9.17) is 4.98 Å². The van der Waals surface area contributed by atoms with Crippen LogP contribution in [0.1, 0.15) is 35.4 Å². The number of hydrogen-bond acceptors (Lipinski definition) is 2. The summed E-state index contributed by atoms with van der Waals surface area (Å²) in [6.07, 6.45) is 17.5. The molecule has 1 aromatic heterocycles. The van der Waals surface area contributed by atoms with Crippen molar-refractivity contribution in [2.75, 3.05) is 4.90 Å². The Morgan fingerprint density at radius 3 is 1.64 bits per heavy atom. The highest BCUT2D eigenvalue weighted by atomic mass is 15.2. The van der Waals surface area contributed by atoms with Crippen molar-refractivity contribution in [3.63, 3.8) is 0 Å². The number of nitrogens with zero attached hydrogens (tertiary/aromatic N) is 2. The molecular formula is C72H50N2. The minimum Gasteiger partial charge on any atom is -0.322 e. The molecule has 2 heteroatoms. The summed E-state index contributed by atoms with van der Waals surface area (Å²) in [6.45, 7) is 2.23. The number of fused-ring (bicyclic) bond motifs is 11. The van der Waals surface area contributed by atoms with Crippen molar-refractivity contribution >= 4 is 76.0 Å². The predicted molar refractivity (Wildman–Crippen MR) is 315 cm³/mol. The van der Waals surface area contributed by atoms with Gasteiger partial charge in [-0.15, -0.1) is 0 Å². The maximum absolute atomic E-state index is 4.94. The van der Waals surface area contributed by atoms with Gasteiger partial charge in [0.15, 0.2) is 0 Å². The first-order chi connectivity index (χ1) is 36.6. The molecule has 74 heavy (non-hydrogen) atoms. The van der Waals surface area contributed by atoms with Crippen LogP contribution >= 0.6 is 0 Å². The van der Waals surface area contributed by atoms with Gasteiger partial charge in [0, 0.05) is 23.4 Å². The summed E-state index contributed by atoms with van der Waals surface area (Å²) >= 11 is 0. The van der Waals surface area contributed by atoms with Gasteiger partial charge in [0.2, 0.25) is 0 Å². The predicted octanol–water partition coefficient (Wildman–Crippen LogP) is 19.1. The molecule has 15 rings (SSSR count). The van der Waals surface area contributed by atoms with Gasteiger partial charge in [-0.1, -0.05) is 206 Å². The van der Waals surface area contributed by atoms with Crippen LogP contribution in [0.2, 0.25) is 0 Å². The van der Waals surface area contributed by atoms with Crippen LogP contribution in [-0.4, -0.2) is 11.0 Å². The Hall–Kier alpha value is -9.11. The first-order valence-electron chi connectivity index (χ1n) is 26.1. The van der Waals surface area contributed by atoms with Crippen molar-refractivity contribution < 1.29 is 0 Å². The van der Waals surface area contributed by atoms with E-state index in [1.165, 1.54) is 137 Å². The molecule has 2 heterocycles. The number of anilines is 1. The molecule has 11 aromatic carbocycles. The maximum atomic E-state index is 4.94. The standard InChI is InChI=1S/C72H50N2/c1-45-38-52(40-53(39-45)49-34-36-69-65(41-49)64-28-15-37-73-72(64)74(69)54-18-3-2-4-19-54)47-31-29-46(30-32-47)48-33-35-63-68(42-48)71(67-44-51-17-6-8-21-56(51)58-23-10-12-25-60(58)67)62-27-14-13-26-61(62)70(63)66-43-50-16-5-7-20-55(50)57-22-9-11-24-59(57)66/h2-18,20-40,42-44,54,65H,19,41H2,1H3. The van der Waals surface area contributed by atoms with Gasteiger partial charge in [0.25, 0.3) is 0 Å². The Morgan fingerprint density at radius 1 is 0.432 bits per heavy atom. The molecule has 2 atom stereocenters. The highest BCUT2D eigenvalue weighted by Crippen LogP contribution is 2.52. The first-order valence-corrected chi connectivity index (χ1v) is 26.1. The third kappa shape index (κ3) is 6.75. The SMILES string of the molecule is Cc1cc(C2=CC=C3C(C2)c2cccnc2N3C2C=CC=CC2)cc(-c2ccc(-c3ccc4c(-c5cc6ccccc6c6ccccc56)c5ccccc5c(-c5cc6ccccc6c6ccccc56)c4c3)cc2)c1. The molecule has 12 aromatic rings. The molecule has 0 radical (unpaired) electrons. The van der Waals surface area contributed by atoms with Crippen LogP contribution in [0.4, 0.5) is 5.82 Å². The van der Waals surface area contributed by atoms with Gasteiger partial charge < -0.3 is 4.90 Å². The topological polar surface area (TPSA) is 16.1 Å². The van der Waals surface area contributed by atoms with Crippen LogP contribution in [-0.2, 0) is 0 Å². The lowest BCUT2D eigenvalue weighted by Gasteiger charge is -2.31. The minimum absolute atomic E-state index is 0.281. The number of hydrogen-bond donors (Lipinski definition) is 0. The number of allylic oxidation sites excluding steroid dienone is 6. The molecule has 2 nitrogen and oxygen atoms in total. The van der Waals surface area contributed by atoms with Crippen molar-refractivity contribution in [1.29, 1.82) is 0 Å². The van der Waals surface area contributed by atoms with E-state index >= 15 is 0 Å². The molecule has 2 aliphatic carbocycles. The Labute approximate surface area is 431 Å². The van der Waals surface area contributed by atoms with E-state index in [0.29, 0.717) is 0 Å². The van der Waals surface area contributed by atoms with E-state index < -0.39 is 0 Å². The minimum atomic E-state index is 0.281. The highest BCUT2D eigenvalue weighted by Gasteiger charge is 2.39. The summed E-state index contributed by atoms with van der Waals surface area (Å²) in [7, 11) is 0. The number of aryl methyl sites for hydroxylation is 1. The molecule has 0 N–H and O–H groups in total. The summed E-state index contributed by atoms with van der Waals surface area (Å²) in [4.78, 5) is 7.42. The van der Waals surface area contributed by atoms with Crippen LogP contribution in [0.25, 0.3) is 115 Å². The van der Waals surface area contributed by atoms with Gasteiger partial charge in [-0.3, -0.25) is 0 Å². The van der Waals surface area contributed by atoms with Crippen molar-refractivity contribution in [3.8, 4) is 44.5 Å². The second-order valence-corrected chi connectivity index (χ2v) is 20.5. The summed E-state index contributed by atoms with van der Waals surface area (Å²) in [5, 5.41) is 15.1. The Bertz CT molecular complexity index is 4450. The molecule has 2 unspecified atom stereocenters.